The fraction of sp³-hybridized carbons (Fsp3) is 0.391. The number of hydrogen-bond donors (Lipinski definition) is 0. The summed E-state index contributed by atoms with van der Waals surface area (Å²) in [7, 11) is 1.62. The molecule has 0 spiro atoms. The number of pyridine rings is 2. The third-order valence-electron chi connectivity index (χ3n) is 5.62. The summed E-state index contributed by atoms with van der Waals surface area (Å²) in [5.41, 5.74) is 1.20. The van der Waals surface area contributed by atoms with E-state index in [0.29, 0.717) is 23.5 Å². The van der Waals surface area contributed by atoms with Gasteiger partial charge in [-0.1, -0.05) is 6.07 Å². The van der Waals surface area contributed by atoms with Crippen molar-refractivity contribution < 1.29 is 19.1 Å². The zero-order valence-corrected chi connectivity index (χ0v) is 17.9. The Morgan fingerprint density at radius 2 is 1.97 bits per heavy atom. The molecule has 3 aromatic rings. The Kier molecular flexibility index (Phi) is 5.72. The number of carbonyl (C=O) groups is 1. The van der Waals surface area contributed by atoms with E-state index in [1.54, 1.807) is 49.8 Å². The summed E-state index contributed by atoms with van der Waals surface area (Å²) < 4.78 is 13.8. The van der Waals surface area contributed by atoms with Gasteiger partial charge < -0.3 is 14.3 Å². The molecule has 3 aromatic heterocycles. The van der Waals surface area contributed by atoms with E-state index in [-0.39, 0.29) is 5.69 Å². The van der Waals surface area contributed by atoms with Crippen molar-refractivity contribution in [3.63, 3.8) is 0 Å². The maximum Gasteiger partial charge on any atom is 0.381 e. The van der Waals surface area contributed by atoms with Crippen LogP contribution < -0.4 is 9.80 Å². The molecule has 9 heteroatoms. The van der Waals surface area contributed by atoms with Gasteiger partial charge in [0.25, 0.3) is 0 Å². The summed E-state index contributed by atoms with van der Waals surface area (Å²) in [5.74, 6) is 1.55. The van der Waals surface area contributed by atoms with Crippen LogP contribution in [0.5, 0.6) is 11.5 Å². The molecule has 1 aliphatic carbocycles. The second-order valence-corrected chi connectivity index (χ2v) is 8.02. The van der Waals surface area contributed by atoms with E-state index in [1.165, 1.54) is 5.06 Å². The van der Waals surface area contributed by atoms with E-state index in [0.717, 1.165) is 50.3 Å². The molecule has 2 fully saturated rings. The summed E-state index contributed by atoms with van der Waals surface area (Å²) in [6.07, 6.45) is 9.34. The molecule has 0 N–H and O–H groups in total. The third-order valence-corrected chi connectivity index (χ3v) is 5.62. The van der Waals surface area contributed by atoms with E-state index in [9.17, 15) is 4.79 Å². The first-order valence-electron chi connectivity index (χ1n) is 10.8. The Morgan fingerprint density at radius 3 is 2.72 bits per heavy atom. The lowest BCUT2D eigenvalue weighted by molar-refractivity contribution is 0.0467. The predicted octanol–water partition coefficient (Wildman–Crippen LogP) is 3.90. The van der Waals surface area contributed by atoms with Crippen molar-refractivity contribution in [2.24, 2.45) is 0 Å². The largest absolute Gasteiger partial charge is 0.454 e. The Labute approximate surface area is 185 Å². The Morgan fingerprint density at radius 1 is 1.12 bits per heavy atom. The normalized spacial score (nSPS) is 16.5. The number of aromatic nitrogens is 4. The van der Waals surface area contributed by atoms with Crippen molar-refractivity contribution in [1.82, 2.24) is 19.7 Å². The Bertz CT molecular complexity index is 1080. The maximum atomic E-state index is 12.3. The average Bonchev–Trinajstić information content (AvgIpc) is 3.61. The Balaban J connectivity index is 1.33. The third kappa shape index (κ3) is 4.57. The van der Waals surface area contributed by atoms with Crippen LogP contribution in [0.2, 0.25) is 0 Å². The summed E-state index contributed by atoms with van der Waals surface area (Å²) >= 11 is 0. The fourth-order valence-electron chi connectivity index (χ4n) is 3.71. The summed E-state index contributed by atoms with van der Waals surface area (Å²) in [4.78, 5) is 26.0. The standard InChI is InChI=1S/C23H25N5O4/c1-27(32-23(29)19-4-2-3-10-24-19)21-14-18(7-11-25-21)31-20-15-28(17-5-6-17)26-22(20)16-8-12-30-13-9-16/h2-4,7,10-11,14-17H,5-6,8-9,12-13H2,1H3. The molecule has 0 radical (unpaired) electrons. The van der Waals surface area contributed by atoms with Crippen molar-refractivity contribution in [1.29, 1.82) is 0 Å². The summed E-state index contributed by atoms with van der Waals surface area (Å²) in [6, 6.07) is 9.04. The molecular weight excluding hydrogens is 410 g/mol. The topological polar surface area (TPSA) is 91.6 Å². The number of ether oxygens (including phenoxy) is 2. The highest BCUT2D eigenvalue weighted by Crippen LogP contribution is 2.40. The molecule has 32 heavy (non-hydrogen) atoms. The van der Waals surface area contributed by atoms with Crippen molar-refractivity contribution >= 4 is 11.8 Å². The molecule has 9 nitrogen and oxygen atoms in total. The minimum Gasteiger partial charge on any atom is -0.454 e. The molecule has 4 heterocycles. The first-order chi connectivity index (χ1) is 15.7. The SMILES string of the molecule is CN(OC(=O)c1ccccn1)c1cc(Oc2cn(C3CC3)nc2C2CCOCC2)ccn1. The highest BCUT2D eigenvalue weighted by molar-refractivity contribution is 5.87. The van der Waals surface area contributed by atoms with Crippen LogP contribution in [0.4, 0.5) is 5.82 Å². The second-order valence-electron chi connectivity index (χ2n) is 8.02. The Hall–Kier alpha value is -3.46. The minimum absolute atomic E-state index is 0.223. The van der Waals surface area contributed by atoms with Gasteiger partial charge in [-0.05, 0) is 43.9 Å². The van der Waals surface area contributed by atoms with Gasteiger partial charge in [0.15, 0.2) is 17.3 Å². The predicted molar refractivity (Wildman–Crippen MR) is 116 cm³/mol. The smallest absolute Gasteiger partial charge is 0.381 e. The molecule has 1 aliphatic heterocycles. The zero-order chi connectivity index (χ0) is 21.9. The van der Waals surface area contributed by atoms with E-state index in [1.807, 2.05) is 10.9 Å². The average molecular weight is 435 g/mol. The molecule has 2 aliphatic rings. The van der Waals surface area contributed by atoms with Crippen LogP contribution in [0.15, 0.2) is 48.9 Å². The first kappa shape index (κ1) is 20.4. The number of anilines is 1. The van der Waals surface area contributed by atoms with Crippen LogP contribution in [-0.4, -0.2) is 46.0 Å². The van der Waals surface area contributed by atoms with Crippen molar-refractivity contribution in [2.45, 2.75) is 37.6 Å². The molecule has 0 atom stereocenters. The highest BCUT2D eigenvalue weighted by atomic mass is 16.7. The molecule has 0 aromatic carbocycles. The lowest BCUT2D eigenvalue weighted by Gasteiger charge is -2.21. The molecule has 0 unspecified atom stereocenters. The van der Waals surface area contributed by atoms with Crippen LogP contribution in [0.25, 0.3) is 0 Å². The lowest BCUT2D eigenvalue weighted by Crippen LogP contribution is -2.24. The molecular formula is C23H25N5O4. The lowest BCUT2D eigenvalue weighted by atomic mass is 9.96. The van der Waals surface area contributed by atoms with E-state index < -0.39 is 5.97 Å². The quantitative estimate of drug-likeness (QED) is 0.516. The highest BCUT2D eigenvalue weighted by Gasteiger charge is 2.30. The molecule has 1 saturated heterocycles. The van der Waals surface area contributed by atoms with Crippen LogP contribution in [0.3, 0.4) is 0 Å². The van der Waals surface area contributed by atoms with E-state index >= 15 is 0 Å². The molecule has 0 bridgehead atoms. The van der Waals surface area contributed by atoms with Gasteiger partial charge in [-0.2, -0.15) is 10.2 Å². The maximum absolute atomic E-state index is 12.3. The van der Waals surface area contributed by atoms with Gasteiger partial charge in [-0.15, -0.1) is 0 Å². The number of rotatable bonds is 7. The number of hydrogen-bond acceptors (Lipinski definition) is 8. The van der Waals surface area contributed by atoms with Crippen LogP contribution in [0.1, 0.15) is 53.8 Å². The van der Waals surface area contributed by atoms with E-state index in [2.05, 4.69) is 9.97 Å². The number of hydroxylamine groups is 1. The van der Waals surface area contributed by atoms with Crippen LogP contribution in [-0.2, 0) is 9.57 Å². The summed E-state index contributed by atoms with van der Waals surface area (Å²) in [5, 5.41) is 6.16. The zero-order valence-electron chi connectivity index (χ0n) is 17.9. The molecule has 1 saturated carbocycles. The van der Waals surface area contributed by atoms with Gasteiger partial charge in [-0.3, -0.25) is 4.68 Å². The van der Waals surface area contributed by atoms with Crippen molar-refractivity contribution in [3.05, 3.63) is 60.3 Å². The summed E-state index contributed by atoms with van der Waals surface area (Å²) in [6.45, 7) is 1.48. The van der Waals surface area contributed by atoms with Crippen molar-refractivity contribution in [2.75, 3.05) is 25.3 Å². The van der Waals surface area contributed by atoms with Gasteiger partial charge in [0.05, 0.1) is 12.2 Å². The van der Waals surface area contributed by atoms with Crippen molar-refractivity contribution in [3.8, 4) is 11.5 Å². The van der Waals surface area contributed by atoms with E-state index in [4.69, 9.17) is 19.4 Å². The number of nitrogens with zero attached hydrogens (tertiary/aromatic N) is 5. The van der Waals surface area contributed by atoms with Gasteiger partial charge in [-0.25, -0.2) is 14.8 Å². The second kappa shape index (κ2) is 8.96. The molecule has 166 valence electrons. The molecule has 5 rings (SSSR count). The molecule has 0 amide bonds. The minimum atomic E-state index is -0.561. The monoisotopic (exact) mass is 435 g/mol. The van der Waals surface area contributed by atoms with Crippen LogP contribution >= 0.6 is 0 Å². The van der Waals surface area contributed by atoms with Gasteiger partial charge in [0, 0.05) is 44.6 Å². The van der Waals surface area contributed by atoms with Gasteiger partial charge in [0.2, 0.25) is 0 Å². The van der Waals surface area contributed by atoms with Gasteiger partial charge in [0.1, 0.15) is 11.4 Å². The number of carbonyl (C=O) groups excluding carboxylic acids is 1. The van der Waals surface area contributed by atoms with Gasteiger partial charge >= 0.3 is 5.97 Å². The van der Waals surface area contributed by atoms with Crippen LogP contribution in [0, 0.1) is 0 Å². The first-order valence-corrected chi connectivity index (χ1v) is 10.8. The fourth-order valence-corrected chi connectivity index (χ4v) is 3.71.